The first kappa shape index (κ1) is 13.0. The SMILES string of the molecule is CCCN.COc1ccc2c(c1)CCCC2. The third-order valence-corrected chi connectivity index (χ3v) is 2.84. The van der Waals surface area contributed by atoms with Gasteiger partial charge in [-0.1, -0.05) is 13.0 Å². The average Bonchev–Trinajstić information content (AvgIpc) is 2.38. The Hall–Kier alpha value is -1.02. The molecule has 2 heteroatoms. The van der Waals surface area contributed by atoms with Crippen LogP contribution >= 0.6 is 0 Å². The number of fused-ring (bicyclic) bond motifs is 1. The van der Waals surface area contributed by atoms with Gasteiger partial charge in [-0.3, -0.25) is 0 Å². The van der Waals surface area contributed by atoms with Crippen LogP contribution in [0.5, 0.6) is 5.75 Å². The molecule has 0 atom stereocenters. The topological polar surface area (TPSA) is 35.2 Å². The predicted molar refractivity (Wildman–Crippen MR) is 69.0 cm³/mol. The maximum atomic E-state index is 5.18. The van der Waals surface area contributed by atoms with Crippen molar-refractivity contribution in [2.75, 3.05) is 13.7 Å². The van der Waals surface area contributed by atoms with Crippen molar-refractivity contribution in [1.82, 2.24) is 0 Å². The molecule has 0 unspecified atom stereocenters. The quantitative estimate of drug-likeness (QED) is 0.833. The number of aryl methyl sites for hydroxylation is 2. The van der Waals surface area contributed by atoms with Crippen molar-refractivity contribution in [2.45, 2.75) is 39.0 Å². The fourth-order valence-corrected chi connectivity index (χ4v) is 1.84. The summed E-state index contributed by atoms with van der Waals surface area (Å²) >= 11 is 0. The third-order valence-electron chi connectivity index (χ3n) is 2.84. The molecule has 0 radical (unpaired) electrons. The van der Waals surface area contributed by atoms with Gasteiger partial charge in [0.25, 0.3) is 0 Å². The molecule has 0 spiro atoms. The van der Waals surface area contributed by atoms with E-state index in [2.05, 4.69) is 25.1 Å². The summed E-state index contributed by atoms with van der Waals surface area (Å²) in [5, 5.41) is 0. The third kappa shape index (κ3) is 3.86. The number of nitrogens with two attached hydrogens (primary N) is 1. The molecule has 90 valence electrons. The monoisotopic (exact) mass is 221 g/mol. The van der Waals surface area contributed by atoms with Crippen LogP contribution in [0.15, 0.2) is 18.2 Å². The van der Waals surface area contributed by atoms with Crippen LogP contribution in [-0.2, 0) is 12.8 Å². The summed E-state index contributed by atoms with van der Waals surface area (Å²) in [4.78, 5) is 0. The van der Waals surface area contributed by atoms with E-state index in [9.17, 15) is 0 Å². The van der Waals surface area contributed by atoms with Gasteiger partial charge in [-0.15, -0.1) is 0 Å². The summed E-state index contributed by atoms with van der Waals surface area (Å²) in [5.41, 5.74) is 8.03. The number of methoxy groups -OCH3 is 1. The zero-order valence-electron chi connectivity index (χ0n) is 10.5. The smallest absolute Gasteiger partial charge is 0.119 e. The normalized spacial score (nSPS) is 13.4. The minimum atomic E-state index is 0.819. The molecule has 0 saturated carbocycles. The first-order valence-corrected chi connectivity index (χ1v) is 6.17. The lowest BCUT2D eigenvalue weighted by Gasteiger charge is -2.15. The molecule has 1 aromatic rings. The minimum Gasteiger partial charge on any atom is -0.497 e. The van der Waals surface area contributed by atoms with Gasteiger partial charge in [0.05, 0.1) is 7.11 Å². The molecular weight excluding hydrogens is 198 g/mol. The van der Waals surface area contributed by atoms with Gasteiger partial charge in [0, 0.05) is 0 Å². The maximum absolute atomic E-state index is 5.18. The fraction of sp³-hybridized carbons (Fsp3) is 0.571. The van der Waals surface area contributed by atoms with E-state index in [-0.39, 0.29) is 0 Å². The first-order valence-electron chi connectivity index (χ1n) is 6.17. The summed E-state index contributed by atoms with van der Waals surface area (Å²) in [5.74, 6) is 0.996. The van der Waals surface area contributed by atoms with Gasteiger partial charge in [-0.05, 0) is 61.9 Å². The van der Waals surface area contributed by atoms with Crippen LogP contribution in [0.25, 0.3) is 0 Å². The Bertz CT molecular complexity index is 308. The van der Waals surface area contributed by atoms with Crippen LogP contribution in [0.2, 0.25) is 0 Å². The van der Waals surface area contributed by atoms with E-state index < -0.39 is 0 Å². The molecule has 1 aliphatic carbocycles. The van der Waals surface area contributed by atoms with Crippen molar-refractivity contribution in [1.29, 1.82) is 0 Å². The number of rotatable bonds is 2. The maximum Gasteiger partial charge on any atom is 0.119 e. The van der Waals surface area contributed by atoms with E-state index in [0.717, 1.165) is 18.7 Å². The number of hydrogen-bond acceptors (Lipinski definition) is 2. The van der Waals surface area contributed by atoms with Crippen LogP contribution in [0.3, 0.4) is 0 Å². The van der Waals surface area contributed by atoms with E-state index in [1.54, 1.807) is 7.11 Å². The van der Waals surface area contributed by atoms with Gasteiger partial charge >= 0.3 is 0 Å². The van der Waals surface area contributed by atoms with Gasteiger partial charge in [0.2, 0.25) is 0 Å². The van der Waals surface area contributed by atoms with Gasteiger partial charge in [-0.25, -0.2) is 0 Å². The Morgan fingerprint density at radius 2 is 1.81 bits per heavy atom. The second-order valence-corrected chi connectivity index (χ2v) is 4.13. The molecule has 16 heavy (non-hydrogen) atoms. The zero-order valence-corrected chi connectivity index (χ0v) is 10.5. The van der Waals surface area contributed by atoms with Crippen molar-refractivity contribution in [3.63, 3.8) is 0 Å². The highest BCUT2D eigenvalue weighted by molar-refractivity contribution is 5.36. The Labute approximate surface area is 98.8 Å². The van der Waals surface area contributed by atoms with Gasteiger partial charge < -0.3 is 10.5 Å². The largest absolute Gasteiger partial charge is 0.497 e. The second-order valence-electron chi connectivity index (χ2n) is 4.13. The molecular formula is C14H23NO. The van der Waals surface area contributed by atoms with E-state index in [1.807, 2.05) is 0 Å². The summed E-state index contributed by atoms with van der Waals surface area (Å²) in [7, 11) is 1.73. The molecule has 0 aromatic heterocycles. The molecule has 2 nitrogen and oxygen atoms in total. The molecule has 0 saturated heterocycles. The van der Waals surface area contributed by atoms with Crippen LogP contribution < -0.4 is 10.5 Å². The van der Waals surface area contributed by atoms with E-state index >= 15 is 0 Å². The van der Waals surface area contributed by atoms with Crippen LogP contribution in [0.4, 0.5) is 0 Å². The highest BCUT2D eigenvalue weighted by Crippen LogP contribution is 2.24. The summed E-state index contributed by atoms with van der Waals surface area (Å²) < 4.78 is 5.18. The van der Waals surface area contributed by atoms with Crippen LogP contribution in [-0.4, -0.2) is 13.7 Å². The van der Waals surface area contributed by atoms with Crippen LogP contribution in [0, 0.1) is 0 Å². The minimum absolute atomic E-state index is 0.819. The van der Waals surface area contributed by atoms with E-state index in [1.165, 1.54) is 36.8 Å². The Morgan fingerprint density at radius 1 is 1.19 bits per heavy atom. The second kappa shape index (κ2) is 7.29. The lowest BCUT2D eigenvalue weighted by Crippen LogP contribution is -2.02. The first-order chi connectivity index (χ1) is 7.81. The average molecular weight is 221 g/mol. The van der Waals surface area contributed by atoms with Gasteiger partial charge in [0.15, 0.2) is 0 Å². The van der Waals surface area contributed by atoms with Crippen LogP contribution in [0.1, 0.15) is 37.3 Å². The number of ether oxygens (including phenoxy) is 1. The molecule has 2 rings (SSSR count). The van der Waals surface area contributed by atoms with Crippen molar-refractivity contribution in [3.8, 4) is 5.75 Å². The highest BCUT2D eigenvalue weighted by atomic mass is 16.5. The molecule has 0 amide bonds. The molecule has 1 aromatic carbocycles. The fourth-order valence-electron chi connectivity index (χ4n) is 1.84. The van der Waals surface area contributed by atoms with Crippen molar-refractivity contribution < 1.29 is 4.74 Å². The standard InChI is InChI=1S/C11H14O.C3H9N/c1-12-11-7-6-9-4-2-3-5-10(9)8-11;1-2-3-4/h6-8H,2-5H2,1H3;2-4H2,1H3. The lowest BCUT2D eigenvalue weighted by atomic mass is 9.92. The van der Waals surface area contributed by atoms with Crippen molar-refractivity contribution >= 4 is 0 Å². The van der Waals surface area contributed by atoms with Crippen molar-refractivity contribution in [2.24, 2.45) is 5.73 Å². The highest BCUT2D eigenvalue weighted by Gasteiger charge is 2.08. The summed E-state index contributed by atoms with van der Waals surface area (Å²) in [6.07, 6.45) is 6.26. The Morgan fingerprint density at radius 3 is 2.38 bits per heavy atom. The van der Waals surface area contributed by atoms with E-state index in [0.29, 0.717) is 0 Å². The predicted octanol–water partition coefficient (Wildman–Crippen LogP) is 2.93. The lowest BCUT2D eigenvalue weighted by molar-refractivity contribution is 0.413. The molecule has 0 bridgehead atoms. The molecule has 0 fully saturated rings. The summed E-state index contributed by atoms with van der Waals surface area (Å²) in [6.45, 7) is 2.88. The number of benzene rings is 1. The number of hydrogen-bond donors (Lipinski definition) is 1. The molecule has 0 heterocycles. The zero-order chi connectivity index (χ0) is 11.8. The Kier molecular flexibility index (Phi) is 5.94. The Balaban J connectivity index is 0.000000280. The molecule has 0 aliphatic heterocycles. The summed E-state index contributed by atoms with van der Waals surface area (Å²) in [6, 6.07) is 6.44. The van der Waals surface area contributed by atoms with Gasteiger partial charge in [0.1, 0.15) is 5.75 Å². The van der Waals surface area contributed by atoms with Gasteiger partial charge in [-0.2, -0.15) is 0 Å². The molecule has 1 aliphatic rings. The van der Waals surface area contributed by atoms with Crippen molar-refractivity contribution in [3.05, 3.63) is 29.3 Å². The van der Waals surface area contributed by atoms with E-state index in [4.69, 9.17) is 10.5 Å². The molecule has 2 N–H and O–H groups in total.